The smallest absolute Gasteiger partial charge is 0.199 e. The number of nitrogens with two attached hydrogens (primary N) is 1. The summed E-state index contributed by atoms with van der Waals surface area (Å²) in [5.74, 6) is -0.176. The molecular formula is C15H18ClN3O. The predicted molar refractivity (Wildman–Crippen MR) is 80.1 cm³/mol. The van der Waals surface area contributed by atoms with Gasteiger partial charge in [0.2, 0.25) is 0 Å². The van der Waals surface area contributed by atoms with Crippen molar-refractivity contribution in [1.29, 1.82) is 0 Å². The van der Waals surface area contributed by atoms with Crippen LogP contribution in [0, 0.1) is 0 Å². The van der Waals surface area contributed by atoms with Crippen LogP contribution in [-0.4, -0.2) is 21.6 Å². The Morgan fingerprint density at radius 3 is 2.60 bits per heavy atom. The van der Waals surface area contributed by atoms with E-state index in [9.17, 15) is 4.79 Å². The van der Waals surface area contributed by atoms with E-state index in [4.69, 9.17) is 17.3 Å². The normalized spacial score (nSPS) is 12.7. The fourth-order valence-corrected chi connectivity index (χ4v) is 2.32. The van der Waals surface area contributed by atoms with Crippen LogP contribution < -0.4 is 5.73 Å². The van der Waals surface area contributed by atoms with Crippen LogP contribution in [0.15, 0.2) is 36.5 Å². The Bertz CT molecular complexity index is 592. The number of benzene rings is 1. The van der Waals surface area contributed by atoms with E-state index in [-0.39, 0.29) is 11.8 Å². The summed E-state index contributed by atoms with van der Waals surface area (Å²) in [5, 5.41) is 4.49. The zero-order valence-electron chi connectivity index (χ0n) is 11.6. The Balaban J connectivity index is 2.21. The average molecular weight is 292 g/mol. The molecule has 0 aliphatic rings. The van der Waals surface area contributed by atoms with Crippen molar-refractivity contribution >= 4 is 17.4 Å². The number of carbonyl (C=O) groups is 1. The molecule has 0 amide bonds. The molecule has 1 aromatic heterocycles. The molecule has 0 saturated heterocycles. The molecule has 1 atom stereocenters. The lowest BCUT2D eigenvalue weighted by atomic mass is 10.0. The summed E-state index contributed by atoms with van der Waals surface area (Å²) in [6.45, 7) is 3.89. The van der Waals surface area contributed by atoms with Crippen LogP contribution in [0.5, 0.6) is 0 Å². The van der Waals surface area contributed by atoms with Crippen molar-refractivity contribution in [2.45, 2.75) is 32.4 Å². The van der Waals surface area contributed by atoms with Gasteiger partial charge in [-0.15, -0.1) is 0 Å². The second-order valence-corrected chi connectivity index (χ2v) is 5.45. The monoisotopic (exact) mass is 291 g/mol. The van der Waals surface area contributed by atoms with E-state index < -0.39 is 6.04 Å². The number of aromatic nitrogens is 2. The highest BCUT2D eigenvalue weighted by molar-refractivity contribution is 6.33. The first-order chi connectivity index (χ1) is 9.50. The van der Waals surface area contributed by atoms with Crippen molar-refractivity contribution in [2.24, 2.45) is 5.73 Å². The Morgan fingerprint density at radius 2 is 2.00 bits per heavy atom. The molecule has 0 radical (unpaired) electrons. The quantitative estimate of drug-likeness (QED) is 0.862. The molecule has 2 aromatic rings. The first-order valence-electron chi connectivity index (χ1n) is 6.57. The van der Waals surface area contributed by atoms with E-state index in [0.29, 0.717) is 17.1 Å². The summed E-state index contributed by atoms with van der Waals surface area (Å²) in [7, 11) is 0. The number of Topliss-reactive ketones (excluding diaryl/α,β-unsaturated/α-hetero) is 1. The fraction of sp³-hybridized carbons (Fsp3) is 0.333. The van der Waals surface area contributed by atoms with Crippen LogP contribution in [0.1, 0.15) is 35.9 Å². The topological polar surface area (TPSA) is 60.9 Å². The summed E-state index contributed by atoms with van der Waals surface area (Å²) < 4.78 is 1.62. The largest absolute Gasteiger partial charge is 0.321 e. The second kappa shape index (κ2) is 6.20. The molecule has 5 heteroatoms. The van der Waals surface area contributed by atoms with E-state index in [2.05, 4.69) is 5.10 Å². The molecule has 0 bridgehead atoms. The summed E-state index contributed by atoms with van der Waals surface area (Å²) >= 11 is 6.07. The molecule has 0 aliphatic carbocycles. The van der Waals surface area contributed by atoms with Crippen molar-refractivity contribution in [3.8, 4) is 0 Å². The zero-order valence-corrected chi connectivity index (χ0v) is 12.3. The Labute approximate surface area is 123 Å². The lowest BCUT2D eigenvalue weighted by Crippen LogP contribution is -2.34. The van der Waals surface area contributed by atoms with Gasteiger partial charge in [0.05, 0.1) is 17.3 Å². The second-order valence-electron chi connectivity index (χ2n) is 5.04. The maximum absolute atomic E-state index is 12.5. The van der Waals surface area contributed by atoms with Gasteiger partial charge in [0, 0.05) is 6.04 Å². The Morgan fingerprint density at radius 1 is 1.35 bits per heavy atom. The Kier molecular flexibility index (Phi) is 4.57. The van der Waals surface area contributed by atoms with E-state index >= 15 is 0 Å². The Hall–Kier alpha value is -1.65. The summed E-state index contributed by atoms with van der Waals surface area (Å²) in [5.41, 5.74) is 7.45. The molecule has 106 valence electrons. The molecule has 0 spiro atoms. The minimum atomic E-state index is -0.621. The van der Waals surface area contributed by atoms with Gasteiger partial charge >= 0.3 is 0 Å². The first-order valence-corrected chi connectivity index (χ1v) is 6.95. The number of hydrogen-bond donors (Lipinski definition) is 1. The number of rotatable bonds is 5. The van der Waals surface area contributed by atoms with E-state index in [1.54, 1.807) is 4.68 Å². The first kappa shape index (κ1) is 14.8. The number of nitrogens with zero attached hydrogens (tertiary/aromatic N) is 2. The highest BCUT2D eigenvalue weighted by Gasteiger charge is 2.24. The molecule has 0 aliphatic heterocycles. The van der Waals surface area contributed by atoms with Crippen LogP contribution >= 0.6 is 11.6 Å². The van der Waals surface area contributed by atoms with Gasteiger partial charge in [-0.3, -0.25) is 9.48 Å². The van der Waals surface area contributed by atoms with Gasteiger partial charge in [-0.2, -0.15) is 5.10 Å². The summed E-state index contributed by atoms with van der Waals surface area (Å²) in [6.07, 6.45) is 1.98. The van der Waals surface area contributed by atoms with Crippen LogP contribution in [0.25, 0.3) is 0 Å². The van der Waals surface area contributed by atoms with Gasteiger partial charge in [0.1, 0.15) is 5.69 Å². The minimum Gasteiger partial charge on any atom is -0.321 e. The van der Waals surface area contributed by atoms with Gasteiger partial charge in [-0.25, -0.2) is 0 Å². The molecule has 20 heavy (non-hydrogen) atoms. The van der Waals surface area contributed by atoms with E-state index in [1.165, 1.54) is 6.20 Å². The summed E-state index contributed by atoms with van der Waals surface area (Å²) in [6, 6.07) is 9.13. The summed E-state index contributed by atoms with van der Waals surface area (Å²) in [4.78, 5) is 12.5. The van der Waals surface area contributed by atoms with Crippen molar-refractivity contribution in [1.82, 2.24) is 9.78 Å². The number of ketones is 1. The van der Waals surface area contributed by atoms with Crippen LogP contribution in [0.2, 0.25) is 5.02 Å². The highest BCUT2D eigenvalue weighted by Crippen LogP contribution is 2.21. The highest BCUT2D eigenvalue weighted by atomic mass is 35.5. The molecule has 0 fully saturated rings. The molecular weight excluding hydrogens is 274 g/mol. The molecule has 0 saturated carbocycles. The van der Waals surface area contributed by atoms with Crippen molar-refractivity contribution in [3.63, 3.8) is 0 Å². The molecule has 1 unspecified atom stereocenters. The number of carbonyl (C=O) groups excluding carboxylic acids is 1. The maximum atomic E-state index is 12.5. The molecule has 1 heterocycles. The third-order valence-corrected chi connectivity index (χ3v) is 3.39. The minimum absolute atomic E-state index is 0.0605. The van der Waals surface area contributed by atoms with Gasteiger partial charge < -0.3 is 5.73 Å². The average Bonchev–Trinajstić information content (AvgIpc) is 2.81. The molecule has 2 rings (SSSR count). The molecule has 1 aromatic carbocycles. The zero-order chi connectivity index (χ0) is 14.7. The molecule has 4 nitrogen and oxygen atoms in total. The van der Waals surface area contributed by atoms with Crippen molar-refractivity contribution in [3.05, 3.63) is 52.8 Å². The van der Waals surface area contributed by atoms with Crippen molar-refractivity contribution < 1.29 is 4.79 Å². The van der Waals surface area contributed by atoms with Gasteiger partial charge in [-0.1, -0.05) is 41.9 Å². The lowest BCUT2D eigenvalue weighted by molar-refractivity contribution is 0.0948. The van der Waals surface area contributed by atoms with Crippen LogP contribution in [0.3, 0.4) is 0 Å². The van der Waals surface area contributed by atoms with Crippen LogP contribution in [0.4, 0.5) is 0 Å². The number of halogens is 1. The third-order valence-electron chi connectivity index (χ3n) is 3.11. The van der Waals surface area contributed by atoms with Crippen molar-refractivity contribution in [2.75, 3.05) is 0 Å². The van der Waals surface area contributed by atoms with Crippen LogP contribution in [-0.2, 0) is 6.42 Å². The third kappa shape index (κ3) is 3.08. The van der Waals surface area contributed by atoms with Gasteiger partial charge in [-0.05, 0) is 25.8 Å². The number of hydrogen-bond acceptors (Lipinski definition) is 3. The van der Waals surface area contributed by atoms with Gasteiger partial charge in [0.25, 0.3) is 0 Å². The lowest BCUT2D eigenvalue weighted by Gasteiger charge is -2.14. The fourth-order valence-electron chi connectivity index (χ4n) is 2.10. The molecule has 2 N–H and O–H groups in total. The van der Waals surface area contributed by atoms with E-state index in [0.717, 1.165) is 5.56 Å². The SMILES string of the molecule is CC(C)n1ncc(Cl)c1C(=O)C(N)Cc1ccccc1. The standard InChI is InChI=1S/C15H18ClN3O/c1-10(2)19-14(12(16)9-18-19)15(20)13(17)8-11-6-4-3-5-7-11/h3-7,9-10,13H,8,17H2,1-2H3. The predicted octanol–water partition coefficient (Wildman–Crippen LogP) is 2.87. The van der Waals surface area contributed by atoms with Gasteiger partial charge in [0.15, 0.2) is 5.78 Å². The maximum Gasteiger partial charge on any atom is 0.199 e. The van der Waals surface area contributed by atoms with E-state index in [1.807, 2.05) is 44.2 Å².